The molecule has 7 nitrogen and oxygen atoms in total. The number of carboxylic acid groups (broad SMARTS) is 2. The van der Waals surface area contributed by atoms with Gasteiger partial charge < -0.3 is 20.4 Å². The van der Waals surface area contributed by atoms with Crippen molar-refractivity contribution < 1.29 is 29.3 Å². The van der Waals surface area contributed by atoms with Gasteiger partial charge in [0.2, 0.25) is 7.37 Å². The van der Waals surface area contributed by atoms with E-state index in [9.17, 15) is 19.0 Å². The topological polar surface area (TPSA) is 124 Å². The predicted molar refractivity (Wildman–Crippen MR) is 66.1 cm³/mol. The maximum atomic E-state index is 11.8. The molecule has 4 N–H and O–H groups in total. The molecule has 0 spiro atoms. The Morgan fingerprint density at radius 2 is 1.94 bits per heavy atom. The van der Waals surface area contributed by atoms with E-state index >= 15 is 0 Å². The second kappa shape index (κ2) is 8.24. The second-order valence-corrected chi connectivity index (χ2v) is 6.68. The van der Waals surface area contributed by atoms with E-state index in [2.05, 4.69) is 5.32 Å². The van der Waals surface area contributed by atoms with Crippen molar-refractivity contribution >= 4 is 19.3 Å². The number of carbonyl (C=O) groups is 2. The Balaban J connectivity index is 4.33. The zero-order valence-corrected chi connectivity index (χ0v) is 11.2. The third-order valence-electron chi connectivity index (χ3n) is 2.50. The van der Waals surface area contributed by atoms with Gasteiger partial charge in [-0.2, -0.15) is 0 Å². The van der Waals surface area contributed by atoms with Gasteiger partial charge in [0, 0.05) is 18.7 Å². The van der Waals surface area contributed by atoms with Crippen LogP contribution in [0, 0.1) is 5.92 Å². The molecule has 0 saturated carbocycles. The minimum Gasteiger partial charge on any atom is -0.481 e. The van der Waals surface area contributed by atoms with E-state index < -0.39 is 25.2 Å². The van der Waals surface area contributed by atoms with Gasteiger partial charge in [0.25, 0.3) is 0 Å². The Labute approximate surface area is 106 Å². The molecule has 0 saturated heterocycles. The number of hydrogen-bond donors (Lipinski definition) is 4. The number of carboxylic acids is 2. The van der Waals surface area contributed by atoms with Crippen LogP contribution in [0.2, 0.25) is 0 Å². The fourth-order valence-electron chi connectivity index (χ4n) is 1.53. The van der Waals surface area contributed by atoms with Gasteiger partial charge in [0.1, 0.15) is 0 Å². The lowest BCUT2D eigenvalue weighted by Crippen LogP contribution is -2.20. The maximum Gasteiger partial charge on any atom is 0.307 e. The molecule has 0 bridgehead atoms. The largest absolute Gasteiger partial charge is 0.481 e. The molecule has 0 rings (SSSR count). The van der Waals surface area contributed by atoms with Crippen molar-refractivity contribution in [2.75, 3.05) is 25.9 Å². The number of hydrogen-bond acceptors (Lipinski definition) is 4. The third kappa shape index (κ3) is 8.22. The molecule has 0 aromatic carbocycles. The van der Waals surface area contributed by atoms with E-state index in [0.717, 1.165) is 0 Å². The van der Waals surface area contributed by atoms with Crippen molar-refractivity contribution in [3.8, 4) is 0 Å². The van der Waals surface area contributed by atoms with Gasteiger partial charge in [-0.1, -0.05) is 0 Å². The lowest BCUT2D eigenvalue weighted by molar-refractivity contribution is -0.142. The summed E-state index contributed by atoms with van der Waals surface area (Å²) >= 11 is 0. The van der Waals surface area contributed by atoms with E-state index in [1.807, 2.05) is 0 Å². The minimum absolute atomic E-state index is 0.0463. The van der Waals surface area contributed by atoms with Gasteiger partial charge >= 0.3 is 11.9 Å². The highest BCUT2D eigenvalue weighted by Gasteiger charge is 2.28. The smallest absolute Gasteiger partial charge is 0.307 e. The first-order valence-electron chi connectivity index (χ1n) is 5.68. The zero-order valence-electron chi connectivity index (χ0n) is 10.3. The van der Waals surface area contributed by atoms with Crippen LogP contribution >= 0.6 is 7.37 Å². The van der Waals surface area contributed by atoms with Crippen molar-refractivity contribution in [2.24, 2.45) is 5.92 Å². The van der Waals surface area contributed by atoms with Crippen LogP contribution in [0.15, 0.2) is 0 Å². The van der Waals surface area contributed by atoms with Crippen molar-refractivity contribution in [3.05, 3.63) is 0 Å². The second-order valence-electron chi connectivity index (χ2n) is 4.18. The van der Waals surface area contributed by atoms with Crippen LogP contribution < -0.4 is 5.32 Å². The molecule has 0 amide bonds. The highest BCUT2D eigenvalue weighted by molar-refractivity contribution is 7.58. The van der Waals surface area contributed by atoms with Crippen molar-refractivity contribution in [1.29, 1.82) is 0 Å². The lowest BCUT2D eigenvalue weighted by Gasteiger charge is -2.16. The van der Waals surface area contributed by atoms with Crippen LogP contribution in [0.1, 0.15) is 19.3 Å². The molecule has 2 atom stereocenters. The molecule has 0 aliphatic rings. The minimum atomic E-state index is -3.51. The lowest BCUT2D eigenvalue weighted by atomic mass is 10.1. The molecule has 0 radical (unpaired) electrons. The molecular formula is C10H20NO6P. The van der Waals surface area contributed by atoms with Gasteiger partial charge in [0.05, 0.1) is 5.92 Å². The Kier molecular flexibility index (Phi) is 7.82. The van der Waals surface area contributed by atoms with E-state index in [1.165, 1.54) is 0 Å². The van der Waals surface area contributed by atoms with Gasteiger partial charge in [-0.05, 0) is 26.4 Å². The SMILES string of the molecule is CNCCCP(=O)(O)CC(CCC(=O)O)C(=O)O. The van der Waals surface area contributed by atoms with Crippen LogP contribution in [0.5, 0.6) is 0 Å². The average molecular weight is 281 g/mol. The van der Waals surface area contributed by atoms with Crippen LogP contribution in [-0.4, -0.2) is 53.0 Å². The summed E-state index contributed by atoms with van der Waals surface area (Å²) in [6.45, 7) is 0.581. The number of nitrogens with one attached hydrogen (secondary N) is 1. The average Bonchev–Trinajstić information content (AvgIpc) is 2.23. The highest BCUT2D eigenvalue weighted by atomic mass is 31.2. The van der Waals surface area contributed by atoms with Crippen LogP contribution in [0.25, 0.3) is 0 Å². The summed E-state index contributed by atoms with van der Waals surface area (Å²) in [7, 11) is -1.79. The molecule has 0 aliphatic carbocycles. The van der Waals surface area contributed by atoms with E-state index in [0.29, 0.717) is 13.0 Å². The molecule has 106 valence electrons. The summed E-state index contributed by atoms with van der Waals surface area (Å²) < 4.78 is 11.8. The Hall–Kier alpha value is -0.910. The van der Waals surface area contributed by atoms with Gasteiger partial charge in [-0.25, -0.2) is 0 Å². The van der Waals surface area contributed by atoms with Crippen molar-refractivity contribution in [3.63, 3.8) is 0 Å². The molecule has 0 heterocycles. The fraction of sp³-hybridized carbons (Fsp3) is 0.800. The monoisotopic (exact) mass is 281 g/mol. The Bertz CT molecular complexity index is 332. The molecule has 0 aromatic rings. The van der Waals surface area contributed by atoms with Crippen molar-refractivity contribution in [2.45, 2.75) is 19.3 Å². The quantitative estimate of drug-likeness (QED) is 0.338. The fourth-order valence-corrected chi connectivity index (χ4v) is 3.39. The first kappa shape index (κ1) is 17.1. The zero-order chi connectivity index (χ0) is 14.2. The third-order valence-corrected chi connectivity index (χ3v) is 4.52. The van der Waals surface area contributed by atoms with Gasteiger partial charge in [-0.15, -0.1) is 0 Å². The Morgan fingerprint density at radius 1 is 1.33 bits per heavy atom. The van der Waals surface area contributed by atoms with Crippen LogP contribution in [0.4, 0.5) is 0 Å². The predicted octanol–water partition coefficient (Wildman–Crippen LogP) is 0.432. The molecule has 0 fully saturated rings. The summed E-state index contributed by atoms with van der Waals surface area (Å²) in [5.74, 6) is -3.41. The highest BCUT2D eigenvalue weighted by Crippen LogP contribution is 2.43. The van der Waals surface area contributed by atoms with Gasteiger partial charge in [0.15, 0.2) is 0 Å². The van der Waals surface area contributed by atoms with Gasteiger partial charge in [-0.3, -0.25) is 14.2 Å². The summed E-state index contributed by atoms with van der Waals surface area (Å²) in [5.41, 5.74) is 0. The molecule has 18 heavy (non-hydrogen) atoms. The first-order valence-corrected chi connectivity index (χ1v) is 7.71. The van der Waals surface area contributed by atoms with E-state index in [-0.39, 0.29) is 25.2 Å². The van der Waals surface area contributed by atoms with Crippen LogP contribution in [0.3, 0.4) is 0 Å². The maximum absolute atomic E-state index is 11.8. The van der Waals surface area contributed by atoms with E-state index in [1.54, 1.807) is 7.05 Å². The molecular weight excluding hydrogens is 261 g/mol. The standard InChI is InChI=1S/C10H20NO6P/c1-11-5-2-6-18(16,17)7-8(10(14)15)3-4-9(12)13/h8,11H,2-7H2,1H3,(H,12,13)(H,14,15)(H,16,17). The van der Waals surface area contributed by atoms with E-state index in [4.69, 9.17) is 10.2 Å². The van der Waals surface area contributed by atoms with Crippen molar-refractivity contribution in [1.82, 2.24) is 5.32 Å². The molecule has 8 heteroatoms. The summed E-state index contributed by atoms with van der Waals surface area (Å²) in [6, 6.07) is 0. The van der Waals surface area contributed by atoms with Crippen LogP contribution in [-0.2, 0) is 14.2 Å². The normalized spacial score (nSPS) is 15.9. The summed E-state index contributed by atoms with van der Waals surface area (Å²) in [4.78, 5) is 30.9. The number of aliphatic carboxylic acids is 2. The molecule has 0 aliphatic heterocycles. The molecule has 0 aromatic heterocycles. The Morgan fingerprint density at radius 3 is 2.39 bits per heavy atom. The number of rotatable bonds is 10. The summed E-state index contributed by atoms with van der Waals surface area (Å²) in [5, 5.41) is 20.2. The first-order chi connectivity index (χ1) is 8.28. The summed E-state index contributed by atoms with van der Waals surface area (Å²) in [6.07, 6.45) is -0.270. The molecule has 2 unspecified atom stereocenters.